The molecule has 2 aliphatic rings. The van der Waals surface area contributed by atoms with Crippen molar-refractivity contribution in [2.45, 2.75) is 62.9 Å². The lowest BCUT2D eigenvalue weighted by atomic mass is 10.0. The molecule has 14 heteroatoms. The second-order valence-corrected chi connectivity index (χ2v) is 16.0. The Morgan fingerprint density at radius 1 is 0.887 bits per heavy atom. The first-order valence-electron chi connectivity index (χ1n) is 18.6. The maximum atomic E-state index is 13.1. The lowest BCUT2D eigenvalue weighted by Gasteiger charge is -2.16. The molecule has 0 radical (unpaired) electrons. The number of hydrogen-bond acceptors (Lipinski definition) is 8. The number of rotatable bonds is 21. The van der Waals surface area contributed by atoms with Crippen molar-refractivity contribution in [1.29, 1.82) is 0 Å². The van der Waals surface area contributed by atoms with Crippen LogP contribution in [-0.4, -0.2) is 93.7 Å². The third kappa shape index (κ3) is 10.9. The number of amides is 4. The molecule has 4 heterocycles. The molecule has 2 aromatic heterocycles. The van der Waals surface area contributed by atoms with Crippen LogP contribution in [0, 0.1) is 6.92 Å². The summed E-state index contributed by atoms with van der Waals surface area (Å²) in [5.74, 6) is 0.942. The van der Waals surface area contributed by atoms with Crippen LogP contribution in [0.4, 0.5) is 4.79 Å². The molecule has 4 aromatic rings. The van der Waals surface area contributed by atoms with Gasteiger partial charge in [-0.3, -0.25) is 9.59 Å². The molecular weight excluding hydrogens is 713 g/mol. The van der Waals surface area contributed by atoms with Gasteiger partial charge in [-0.1, -0.05) is 36.0 Å². The first kappa shape index (κ1) is 38.9. The van der Waals surface area contributed by atoms with Crippen molar-refractivity contribution in [2.75, 3.05) is 58.5 Å². The third-order valence-corrected chi connectivity index (χ3v) is 12.3. The standard InChI is InChI=1S/C39H50N6O6S2/c1-27-11-12-29-28(13-16-44(2)32(29)23-27)24-37-45(31-7-3-4-8-33(31)53-37)25-36(47)41-15-18-50-20-22-51-21-19-49-17-14-40-35(46)10-6-5-9-34-38-30(26-52-34)42-39(48)43-38/h3-4,7-8,11-13,16,23,30,34,38H,5-6,9-10,14-15,17-22,24-26H2,1-2H3,(H2-2,40,41,42,43,46,47,48)/p+2/t30-,34-,38-/m0/s1. The molecule has 3 atom stereocenters. The highest BCUT2D eigenvalue weighted by molar-refractivity contribution is 8.00. The fraction of sp³-hybridized carbons (Fsp3) is 0.513. The number of fused-ring (bicyclic) bond motifs is 3. The van der Waals surface area contributed by atoms with E-state index in [4.69, 9.17) is 14.2 Å². The van der Waals surface area contributed by atoms with Gasteiger partial charge in [-0.05, 0) is 43.0 Å². The molecule has 4 amide bonds. The Labute approximate surface area is 319 Å². The number of hydrogen-bond donors (Lipinski definition) is 4. The van der Waals surface area contributed by atoms with E-state index in [1.165, 1.54) is 22.0 Å². The lowest BCUT2D eigenvalue weighted by molar-refractivity contribution is -0.661. The van der Waals surface area contributed by atoms with Gasteiger partial charge in [0, 0.05) is 48.7 Å². The lowest BCUT2D eigenvalue weighted by Crippen LogP contribution is -2.45. The molecule has 12 nitrogen and oxygen atoms in total. The van der Waals surface area contributed by atoms with Gasteiger partial charge in [0.1, 0.15) is 11.7 Å². The number of para-hydroxylation sites is 1. The van der Waals surface area contributed by atoms with Crippen LogP contribution >= 0.6 is 23.1 Å². The number of unbranched alkanes of at least 4 members (excludes halogenated alkanes) is 1. The van der Waals surface area contributed by atoms with Gasteiger partial charge in [-0.15, -0.1) is 0 Å². The van der Waals surface area contributed by atoms with E-state index in [1.807, 2.05) is 23.9 Å². The fourth-order valence-electron chi connectivity index (χ4n) is 6.91. The molecule has 6 rings (SSSR count). The van der Waals surface area contributed by atoms with E-state index in [-0.39, 0.29) is 36.5 Å². The highest BCUT2D eigenvalue weighted by Gasteiger charge is 2.42. The van der Waals surface area contributed by atoms with Crippen molar-refractivity contribution in [3.05, 3.63) is 70.9 Å². The molecule has 2 fully saturated rings. The van der Waals surface area contributed by atoms with Crippen LogP contribution < -0.4 is 30.4 Å². The summed E-state index contributed by atoms with van der Waals surface area (Å²) < 4.78 is 22.3. The van der Waals surface area contributed by atoms with Crippen LogP contribution in [0.25, 0.3) is 21.1 Å². The summed E-state index contributed by atoms with van der Waals surface area (Å²) in [7, 11) is 2.07. The Morgan fingerprint density at radius 3 is 2.42 bits per heavy atom. The summed E-state index contributed by atoms with van der Waals surface area (Å²) in [6.07, 6.45) is 6.16. The molecule has 53 heavy (non-hydrogen) atoms. The zero-order chi connectivity index (χ0) is 37.0. The van der Waals surface area contributed by atoms with Gasteiger partial charge >= 0.3 is 6.03 Å². The topological polar surface area (TPSA) is 135 Å². The smallest absolute Gasteiger partial charge is 0.315 e. The number of carbonyl (C=O) groups excluding carboxylic acids is 3. The maximum absolute atomic E-state index is 13.1. The Balaban J connectivity index is 0.793. The van der Waals surface area contributed by atoms with E-state index in [1.54, 1.807) is 11.3 Å². The number of nitrogens with one attached hydrogen (secondary N) is 4. The second-order valence-electron chi connectivity index (χ2n) is 13.6. The largest absolute Gasteiger partial charge is 0.377 e. The predicted octanol–water partition coefficient (Wildman–Crippen LogP) is 3.07. The van der Waals surface area contributed by atoms with E-state index in [2.05, 4.69) is 87.0 Å². The number of thiazole rings is 1. The Hall–Kier alpha value is -3.82. The Bertz CT molecular complexity index is 1870. The SMILES string of the molecule is Cc1ccc2c(Cc3sc4ccccc4[n+]3CC(=O)NCCOCCOCCOCCNC(=O)CCCC[C@@H]3SC[C@@H]4NC(=O)N[C@@H]43)cc[n+](C)c2c1. The first-order valence-corrected chi connectivity index (χ1v) is 20.5. The van der Waals surface area contributed by atoms with Crippen molar-refractivity contribution in [3.63, 3.8) is 0 Å². The number of urea groups is 1. The molecule has 0 bridgehead atoms. The second kappa shape index (κ2) is 19.5. The van der Waals surface area contributed by atoms with Crippen LogP contribution in [-0.2, 0) is 43.8 Å². The Morgan fingerprint density at radius 2 is 1.62 bits per heavy atom. The average Bonchev–Trinajstić information content (AvgIpc) is 3.82. The summed E-state index contributed by atoms with van der Waals surface area (Å²) in [5.41, 5.74) is 4.72. The molecule has 2 aliphatic heterocycles. The zero-order valence-electron chi connectivity index (χ0n) is 30.7. The fourth-order valence-corrected chi connectivity index (χ4v) is 9.64. The van der Waals surface area contributed by atoms with Crippen molar-refractivity contribution >= 4 is 62.1 Å². The van der Waals surface area contributed by atoms with Gasteiger partial charge in [0.05, 0.1) is 63.5 Å². The van der Waals surface area contributed by atoms with Crippen LogP contribution in [0.1, 0.15) is 41.8 Å². The molecule has 0 unspecified atom stereocenters. The molecule has 2 aromatic carbocycles. The molecule has 4 N–H and O–H groups in total. The molecule has 0 saturated carbocycles. The van der Waals surface area contributed by atoms with Gasteiger partial charge in [0.15, 0.2) is 6.20 Å². The summed E-state index contributed by atoms with van der Waals surface area (Å²) >= 11 is 3.64. The number of ether oxygens (including phenoxy) is 3. The van der Waals surface area contributed by atoms with Crippen molar-refractivity contribution in [3.8, 4) is 0 Å². The number of aryl methyl sites for hydroxylation is 2. The minimum absolute atomic E-state index is 0.0377. The number of aromatic nitrogens is 2. The molecule has 0 spiro atoms. The van der Waals surface area contributed by atoms with Crippen LogP contribution in [0.15, 0.2) is 54.7 Å². The van der Waals surface area contributed by atoms with E-state index in [0.717, 1.165) is 46.7 Å². The van der Waals surface area contributed by atoms with Gasteiger partial charge < -0.3 is 35.5 Å². The number of nitrogens with zero attached hydrogens (tertiary/aromatic N) is 2. The molecule has 2 saturated heterocycles. The van der Waals surface area contributed by atoms with Gasteiger partial charge in [-0.25, -0.2) is 9.36 Å². The summed E-state index contributed by atoms with van der Waals surface area (Å²) in [5, 5.41) is 14.7. The number of thioether (sulfide) groups is 1. The maximum Gasteiger partial charge on any atom is 0.315 e. The van der Waals surface area contributed by atoms with Crippen molar-refractivity contribution in [2.24, 2.45) is 7.05 Å². The number of carbonyl (C=O) groups is 3. The zero-order valence-corrected chi connectivity index (χ0v) is 32.3. The van der Waals surface area contributed by atoms with Gasteiger partial charge in [-0.2, -0.15) is 16.3 Å². The summed E-state index contributed by atoms with van der Waals surface area (Å²) in [4.78, 5) is 36.7. The summed E-state index contributed by atoms with van der Waals surface area (Å²) in [6, 6.07) is 17.4. The first-order chi connectivity index (χ1) is 25.9. The van der Waals surface area contributed by atoms with Crippen molar-refractivity contribution in [1.82, 2.24) is 21.3 Å². The quantitative estimate of drug-likeness (QED) is 0.0583. The number of pyridine rings is 1. The molecule has 0 aliphatic carbocycles. The average molecular weight is 765 g/mol. The predicted molar refractivity (Wildman–Crippen MR) is 207 cm³/mol. The third-order valence-electron chi connectivity index (χ3n) is 9.67. The Kier molecular flexibility index (Phi) is 14.3. The molecule has 284 valence electrons. The van der Waals surface area contributed by atoms with E-state index >= 15 is 0 Å². The molecular formula is C39H52N6O6S2+2. The number of benzene rings is 2. The normalized spacial score (nSPS) is 17.9. The summed E-state index contributed by atoms with van der Waals surface area (Å²) in [6.45, 7) is 5.81. The highest BCUT2D eigenvalue weighted by Crippen LogP contribution is 2.33. The van der Waals surface area contributed by atoms with E-state index in [0.29, 0.717) is 64.4 Å². The van der Waals surface area contributed by atoms with Crippen LogP contribution in [0.3, 0.4) is 0 Å². The van der Waals surface area contributed by atoms with E-state index < -0.39 is 0 Å². The van der Waals surface area contributed by atoms with E-state index in [9.17, 15) is 14.4 Å². The van der Waals surface area contributed by atoms with Crippen LogP contribution in [0.5, 0.6) is 0 Å². The van der Waals surface area contributed by atoms with Crippen LogP contribution in [0.2, 0.25) is 0 Å². The highest BCUT2D eigenvalue weighted by atomic mass is 32.2. The van der Waals surface area contributed by atoms with Crippen molar-refractivity contribution < 1.29 is 37.7 Å². The minimum Gasteiger partial charge on any atom is -0.377 e. The minimum atomic E-state index is -0.0619. The van der Waals surface area contributed by atoms with Gasteiger partial charge in [0.25, 0.3) is 5.91 Å². The monoisotopic (exact) mass is 764 g/mol. The van der Waals surface area contributed by atoms with Gasteiger partial charge in [0.2, 0.25) is 28.5 Å².